The summed E-state index contributed by atoms with van der Waals surface area (Å²) in [5.41, 5.74) is 1.00. The minimum atomic E-state index is -1.25. The number of halogens is 3. The van der Waals surface area contributed by atoms with E-state index in [1.54, 1.807) is 29.9 Å². The summed E-state index contributed by atoms with van der Waals surface area (Å²) < 4.78 is 16.1. The van der Waals surface area contributed by atoms with Gasteiger partial charge in [-0.25, -0.2) is 0 Å². The van der Waals surface area contributed by atoms with Crippen LogP contribution < -0.4 is 42.4 Å². The van der Waals surface area contributed by atoms with E-state index in [1.807, 2.05) is 85.7 Å². The van der Waals surface area contributed by atoms with Crippen LogP contribution in [0.25, 0.3) is 0 Å². The van der Waals surface area contributed by atoms with Crippen LogP contribution in [0.2, 0.25) is 0 Å². The second-order valence-corrected chi connectivity index (χ2v) is 19.2. The van der Waals surface area contributed by atoms with Crippen LogP contribution >= 0.6 is 23.0 Å². The van der Waals surface area contributed by atoms with Crippen LogP contribution in [0.5, 0.6) is 0 Å². The van der Waals surface area contributed by atoms with Gasteiger partial charge in [-0.2, -0.15) is 0 Å². The Morgan fingerprint density at radius 3 is 1.97 bits per heavy atom. The minimum absolute atomic E-state index is 0.0412. The third-order valence-corrected chi connectivity index (χ3v) is 17.0. The summed E-state index contributed by atoms with van der Waals surface area (Å²) in [6.45, 7) is 28.9. The van der Waals surface area contributed by atoms with Crippen LogP contribution in [0.4, 0.5) is 4.79 Å². The topological polar surface area (TPSA) is 144 Å². The number of carbonyl (C=O) groups is 4. The molecule has 346 valence electrons. The number of ether oxygens (including phenoxy) is 2. The average Bonchev–Trinajstić information content (AvgIpc) is 3.26. The summed E-state index contributed by atoms with van der Waals surface area (Å²) >= 11 is -0.416. The molecule has 8 atom stereocenters. The van der Waals surface area contributed by atoms with E-state index in [1.165, 1.54) is 7.11 Å². The molecule has 1 aromatic rings. The number of rotatable bonds is 29. The average molecular weight is 1170 g/mol. The van der Waals surface area contributed by atoms with Gasteiger partial charge < -0.3 is 0 Å². The maximum absolute atomic E-state index is 13.8. The molecule has 58 heavy (non-hydrogen) atoms. The maximum atomic E-state index is 13.8. The van der Waals surface area contributed by atoms with Gasteiger partial charge >= 0.3 is 329 Å². The first-order valence-corrected chi connectivity index (χ1v) is 27.1. The molecular formula is C44H81I3O11-2. The Balaban J connectivity index is -0.00000171. The number of benzene rings is 1. The molecule has 0 aliphatic rings. The van der Waals surface area contributed by atoms with Gasteiger partial charge in [0.25, 0.3) is 0 Å². The predicted octanol–water partition coefficient (Wildman–Crippen LogP) is 4.80. The van der Waals surface area contributed by atoms with Crippen molar-refractivity contribution in [3.05, 3.63) is 35.9 Å². The Labute approximate surface area is 388 Å². The summed E-state index contributed by atoms with van der Waals surface area (Å²) in [6, 6.07) is 9.72. The van der Waals surface area contributed by atoms with Crippen molar-refractivity contribution in [1.29, 1.82) is 0 Å². The molecule has 0 fully saturated rings. The van der Waals surface area contributed by atoms with Crippen molar-refractivity contribution in [2.24, 2.45) is 29.6 Å². The fourth-order valence-corrected chi connectivity index (χ4v) is 12.0. The Morgan fingerprint density at radius 1 is 0.828 bits per heavy atom. The zero-order valence-electron chi connectivity index (χ0n) is 38.4. The van der Waals surface area contributed by atoms with E-state index in [9.17, 15) is 24.3 Å². The number of unbranched alkanes of at least 4 members (excludes halogenated alkanes) is 1. The zero-order chi connectivity index (χ0) is 45.5. The first-order chi connectivity index (χ1) is 27.9. The van der Waals surface area contributed by atoms with Crippen LogP contribution in [-0.2, 0) is 48.2 Å². The summed E-state index contributed by atoms with van der Waals surface area (Å²) in [5, 5.41) is 15.5. The summed E-state index contributed by atoms with van der Waals surface area (Å²) in [6.07, 6.45) is 2.20. The van der Waals surface area contributed by atoms with Gasteiger partial charge in [0, 0.05) is 0 Å². The molecule has 0 aromatic heterocycles. The van der Waals surface area contributed by atoms with Gasteiger partial charge in [0.05, 0.1) is 7.11 Å². The van der Waals surface area contributed by atoms with Crippen molar-refractivity contribution in [3.63, 3.8) is 0 Å². The van der Waals surface area contributed by atoms with Crippen molar-refractivity contribution >= 4 is 42.5 Å². The molecule has 0 heterocycles. The SMILES string of the molecule is CC.CC.CC.CC.CCCCC(C(=O)C[C@@H](C)C(C)[C@@H](C)CC)C(O)C(C)C(=O)[I-]C(Cc1ccccc1)C(=O)[I-]CCCOCC(COC(=O)OOOC)OI. The zero-order valence-corrected chi connectivity index (χ0v) is 44.9. The molecule has 14 heteroatoms. The second-order valence-electron chi connectivity index (χ2n) is 12.6. The third kappa shape index (κ3) is 30.5. The molecular weight excluding hydrogens is 1090 g/mol. The molecule has 0 saturated carbocycles. The second kappa shape index (κ2) is 44.5. The van der Waals surface area contributed by atoms with Crippen molar-refractivity contribution in [3.8, 4) is 0 Å². The van der Waals surface area contributed by atoms with Gasteiger partial charge in [-0.05, 0) is 0 Å². The van der Waals surface area contributed by atoms with Gasteiger partial charge in [0.2, 0.25) is 0 Å². The van der Waals surface area contributed by atoms with Crippen molar-refractivity contribution < 1.29 is 94.0 Å². The molecule has 0 aliphatic heterocycles. The molecule has 0 bridgehead atoms. The van der Waals surface area contributed by atoms with E-state index in [2.05, 4.69) is 49.4 Å². The molecule has 11 nitrogen and oxygen atoms in total. The Kier molecular flexibility index (Phi) is 49.2. The van der Waals surface area contributed by atoms with Gasteiger partial charge in [-0.3, -0.25) is 0 Å². The van der Waals surface area contributed by atoms with E-state index < -0.39 is 72.6 Å². The van der Waals surface area contributed by atoms with Crippen molar-refractivity contribution in [2.45, 2.75) is 158 Å². The quantitative estimate of drug-likeness (QED) is 0.0225. The molecule has 0 saturated heterocycles. The Hall–Kier alpha value is -0.510. The standard InChI is InChI=1S/C36H57I3O11.4C2H6/c1-8-10-17-30(32(40)20-25(4)26(5)24(3)9-2)33(41)27(6)34(42)39-31(21-28-15-12-11-13-16-28)35(43)38-18-14-19-46-22-29(48-37)23-47-36(44)49-50-45-7;4*1-2/h11-13,15-16,24-27,29-31,33,41H,8-10,14,17-23H2,1-7H3;4*1-2H3/q-2;;;;/t24-,25+,26?,27?,29?,30?,31?,33?;;;;/m0..../s1. The van der Waals surface area contributed by atoms with E-state index in [4.69, 9.17) is 12.5 Å². The van der Waals surface area contributed by atoms with Crippen LogP contribution in [0.3, 0.4) is 0 Å². The number of Topliss-reactive ketones (excluding diaryl/α,β-unsaturated/α-hetero) is 1. The fraction of sp³-hybridized carbons (Fsp3) is 0.773. The molecule has 0 aliphatic carbocycles. The van der Waals surface area contributed by atoms with Crippen LogP contribution in [-0.4, -0.2) is 72.1 Å². The molecule has 0 amide bonds. The fourth-order valence-electron chi connectivity index (χ4n) is 5.19. The van der Waals surface area contributed by atoms with E-state index in [0.717, 1.165) is 24.8 Å². The molecule has 0 spiro atoms. The van der Waals surface area contributed by atoms with Gasteiger partial charge in [0.1, 0.15) is 0 Å². The molecule has 1 aromatic carbocycles. The predicted molar refractivity (Wildman–Crippen MR) is 235 cm³/mol. The van der Waals surface area contributed by atoms with Crippen molar-refractivity contribution in [2.75, 3.05) is 31.4 Å². The summed E-state index contributed by atoms with van der Waals surface area (Å²) in [5.74, 6) is -0.172. The summed E-state index contributed by atoms with van der Waals surface area (Å²) in [4.78, 5) is 60.7. The number of hydrogen-bond donors (Lipinski definition) is 1. The normalized spacial score (nSPS) is 14.6. The molecule has 6 unspecified atom stereocenters. The van der Waals surface area contributed by atoms with Crippen molar-refractivity contribution in [1.82, 2.24) is 0 Å². The third-order valence-electron chi connectivity index (χ3n) is 8.91. The van der Waals surface area contributed by atoms with Crippen LogP contribution in [0.15, 0.2) is 30.3 Å². The molecule has 1 rings (SSSR count). The number of hydrogen-bond acceptors (Lipinski definition) is 11. The van der Waals surface area contributed by atoms with Gasteiger partial charge in [-0.15, -0.1) is 0 Å². The first kappa shape index (κ1) is 64.1. The van der Waals surface area contributed by atoms with E-state index in [-0.39, 0.29) is 36.4 Å². The van der Waals surface area contributed by atoms with Crippen LogP contribution in [0.1, 0.15) is 141 Å². The Bertz CT molecular complexity index is 1110. The number of ketones is 1. The number of aliphatic hydroxyl groups is 1. The van der Waals surface area contributed by atoms with E-state index >= 15 is 0 Å². The summed E-state index contributed by atoms with van der Waals surface area (Å²) in [7, 11) is 1.18. The van der Waals surface area contributed by atoms with E-state index in [0.29, 0.717) is 48.6 Å². The Morgan fingerprint density at radius 2 is 1.43 bits per heavy atom. The number of aliphatic hydroxyl groups excluding tert-OH is 1. The number of alkyl halides is 2. The van der Waals surface area contributed by atoms with Gasteiger partial charge in [-0.1, -0.05) is 55.4 Å². The molecule has 1 N–H and O–H groups in total. The first-order valence-electron chi connectivity index (χ1n) is 21.3. The monoisotopic (exact) mass is 1170 g/mol. The molecule has 0 radical (unpaired) electrons. The van der Waals surface area contributed by atoms with Crippen LogP contribution in [0, 0.1) is 29.6 Å². The number of carbonyl (C=O) groups excluding carboxylic acids is 4. The van der Waals surface area contributed by atoms with Gasteiger partial charge in [0.15, 0.2) is 0 Å².